The largest absolute Gasteiger partial charge is 0.394 e. The van der Waals surface area contributed by atoms with Crippen LogP contribution in [-0.4, -0.2) is 46.1 Å². The number of amides is 1. The van der Waals surface area contributed by atoms with Gasteiger partial charge in [0.15, 0.2) is 0 Å². The maximum Gasteiger partial charge on any atom is 0.222 e. The van der Waals surface area contributed by atoms with E-state index in [1.807, 2.05) is 0 Å². The Balaban J connectivity index is 3.51. The van der Waals surface area contributed by atoms with Crippen LogP contribution in [0.4, 0.5) is 0 Å². The fourth-order valence-electron chi connectivity index (χ4n) is 8.82. The lowest BCUT2D eigenvalue weighted by Gasteiger charge is -2.23. The monoisotopic (exact) mass is 822 g/mol. The van der Waals surface area contributed by atoms with Gasteiger partial charge in [0.2, 0.25) is 5.91 Å². The van der Waals surface area contributed by atoms with E-state index in [0.29, 0.717) is 12.8 Å². The number of nitrogens with one attached hydrogen (secondary N) is 1. The van der Waals surface area contributed by atoms with E-state index in [9.17, 15) is 20.1 Å². The van der Waals surface area contributed by atoms with Crippen molar-refractivity contribution in [3.63, 3.8) is 0 Å². The first kappa shape index (κ1) is 57.3. The summed E-state index contributed by atoms with van der Waals surface area (Å²) < 4.78 is 0. The Labute approximate surface area is 364 Å². The Hall–Kier alpha value is -0.650. The summed E-state index contributed by atoms with van der Waals surface area (Å²) in [4.78, 5) is 12.5. The van der Waals surface area contributed by atoms with Gasteiger partial charge in [-0.15, -0.1) is 0 Å². The highest BCUT2D eigenvalue weighted by molar-refractivity contribution is 5.76. The number of aliphatic hydroxyl groups excluding tert-OH is 3. The van der Waals surface area contributed by atoms with Gasteiger partial charge in [-0.25, -0.2) is 0 Å². The van der Waals surface area contributed by atoms with Crippen molar-refractivity contribution in [3.05, 3.63) is 0 Å². The molecule has 1 amide bonds. The number of carbonyl (C=O) groups excluding carboxylic acids is 1. The summed E-state index contributed by atoms with van der Waals surface area (Å²) in [6.45, 7) is 4.31. The summed E-state index contributed by atoms with van der Waals surface area (Å²) in [6.07, 6.45) is 58.2. The SMILES string of the molecule is CCCCCCCCCCCCCCCCCCCCCCCCC(O)C(CO)NC(=O)CC(O)CCCCCCCCCCCCCCCCCCCCCCC. The summed E-state index contributed by atoms with van der Waals surface area (Å²) >= 11 is 0. The van der Waals surface area contributed by atoms with Crippen LogP contribution in [0.1, 0.15) is 309 Å². The summed E-state index contributed by atoms with van der Waals surface area (Å²) in [7, 11) is 0. The number of unbranched alkanes of at least 4 members (excludes halogenated alkanes) is 41. The molecule has 0 heterocycles. The molecular formula is C53H107NO4. The summed E-state index contributed by atoms with van der Waals surface area (Å²) in [5, 5.41) is 33.6. The second-order valence-corrected chi connectivity index (χ2v) is 18.9. The number of hydrogen-bond donors (Lipinski definition) is 4. The standard InChI is InChI=1S/C53H107NO4/c1-3-5-7-9-11-13-15-17-19-21-23-25-27-29-31-33-35-37-39-41-43-45-47-52(57)51(49-55)54-53(58)48-50(56)46-44-42-40-38-36-34-32-30-28-26-24-22-20-18-16-14-12-10-8-6-4-2/h50-52,55-57H,3-49H2,1-2H3,(H,54,58). The van der Waals surface area contributed by atoms with E-state index in [-0.39, 0.29) is 18.9 Å². The molecule has 0 spiro atoms. The fraction of sp³-hybridized carbons (Fsp3) is 0.981. The van der Waals surface area contributed by atoms with Crippen molar-refractivity contribution >= 4 is 5.91 Å². The average molecular weight is 822 g/mol. The van der Waals surface area contributed by atoms with E-state index >= 15 is 0 Å². The van der Waals surface area contributed by atoms with Gasteiger partial charge in [-0.05, 0) is 12.8 Å². The fourth-order valence-corrected chi connectivity index (χ4v) is 8.82. The van der Waals surface area contributed by atoms with Crippen molar-refractivity contribution in [2.45, 2.75) is 327 Å². The van der Waals surface area contributed by atoms with Crippen molar-refractivity contribution in [3.8, 4) is 0 Å². The van der Waals surface area contributed by atoms with Crippen LogP contribution in [0.5, 0.6) is 0 Å². The van der Waals surface area contributed by atoms with Crippen molar-refractivity contribution in [2.24, 2.45) is 0 Å². The van der Waals surface area contributed by atoms with Gasteiger partial charge in [0.25, 0.3) is 0 Å². The zero-order valence-corrected chi connectivity index (χ0v) is 39.7. The highest BCUT2D eigenvalue weighted by Crippen LogP contribution is 2.18. The maximum atomic E-state index is 12.5. The maximum absolute atomic E-state index is 12.5. The molecule has 0 saturated carbocycles. The molecule has 0 aliphatic carbocycles. The molecule has 5 heteroatoms. The molecule has 4 N–H and O–H groups in total. The summed E-state index contributed by atoms with van der Waals surface area (Å²) in [5.74, 6) is -0.275. The minimum atomic E-state index is -0.745. The lowest BCUT2D eigenvalue weighted by Crippen LogP contribution is -2.46. The predicted octanol–water partition coefficient (Wildman–Crippen LogP) is 16.2. The van der Waals surface area contributed by atoms with Crippen LogP contribution >= 0.6 is 0 Å². The smallest absolute Gasteiger partial charge is 0.222 e. The lowest BCUT2D eigenvalue weighted by atomic mass is 10.0. The molecular weight excluding hydrogens is 715 g/mol. The van der Waals surface area contributed by atoms with Gasteiger partial charge in [0, 0.05) is 0 Å². The molecule has 0 radical (unpaired) electrons. The molecule has 0 aliphatic rings. The first-order valence-corrected chi connectivity index (χ1v) is 26.8. The van der Waals surface area contributed by atoms with E-state index in [2.05, 4.69) is 19.2 Å². The zero-order valence-electron chi connectivity index (χ0n) is 39.7. The third-order valence-corrected chi connectivity index (χ3v) is 12.9. The molecule has 0 aliphatic heterocycles. The van der Waals surface area contributed by atoms with Crippen molar-refractivity contribution in [1.82, 2.24) is 5.32 Å². The predicted molar refractivity (Wildman–Crippen MR) is 255 cm³/mol. The number of aliphatic hydroxyl groups is 3. The van der Waals surface area contributed by atoms with Crippen molar-refractivity contribution in [1.29, 1.82) is 0 Å². The van der Waals surface area contributed by atoms with Crippen LogP contribution in [0.2, 0.25) is 0 Å². The Morgan fingerprint density at radius 2 is 0.586 bits per heavy atom. The molecule has 0 aromatic heterocycles. The number of rotatable bonds is 50. The molecule has 0 saturated heterocycles. The molecule has 5 nitrogen and oxygen atoms in total. The second-order valence-electron chi connectivity index (χ2n) is 18.9. The van der Waals surface area contributed by atoms with Crippen LogP contribution in [0.15, 0.2) is 0 Å². The molecule has 3 atom stereocenters. The molecule has 3 unspecified atom stereocenters. The van der Waals surface area contributed by atoms with Crippen molar-refractivity contribution in [2.75, 3.05) is 6.61 Å². The molecule has 58 heavy (non-hydrogen) atoms. The van der Waals surface area contributed by atoms with Gasteiger partial charge in [0.1, 0.15) is 0 Å². The van der Waals surface area contributed by atoms with Gasteiger partial charge in [-0.2, -0.15) is 0 Å². The molecule has 348 valence electrons. The van der Waals surface area contributed by atoms with Crippen LogP contribution in [0.3, 0.4) is 0 Å². The Bertz CT molecular complexity index is 777. The van der Waals surface area contributed by atoms with Crippen LogP contribution in [0, 0.1) is 0 Å². The highest BCUT2D eigenvalue weighted by Gasteiger charge is 2.21. The van der Waals surface area contributed by atoms with Gasteiger partial charge in [0.05, 0.1) is 31.3 Å². The zero-order chi connectivity index (χ0) is 42.3. The molecule has 0 aromatic carbocycles. The van der Waals surface area contributed by atoms with Gasteiger partial charge in [-0.1, -0.05) is 290 Å². The highest BCUT2D eigenvalue weighted by atomic mass is 16.3. The lowest BCUT2D eigenvalue weighted by molar-refractivity contribution is -0.125. The first-order chi connectivity index (χ1) is 28.5. The van der Waals surface area contributed by atoms with E-state index in [1.165, 1.54) is 250 Å². The number of carbonyl (C=O) groups is 1. The van der Waals surface area contributed by atoms with Crippen LogP contribution in [-0.2, 0) is 4.79 Å². The van der Waals surface area contributed by atoms with E-state index in [0.717, 1.165) is 25.7 Å². The Kier molecular flexibility index (Phi) is 48.5. The van der Waals surface area contributed by atoms with E-state index < -0.39 is 18.2 Å². The summed E-state index contributed by atoms with van der Waals surface area (Å²) in [5.41, 5.74) is 0. The van der Waals surface area contributed by atoms with Crippen LogP contribution in [0.25, 0.3) is 0 Å². The normalized spacial score (nSPS) is 13.3. The van der Waals surface area contributed by atoms with E-state index in [4.69, 9.17) is 0 Å². The van der Waals surface area contributed by atoms with Gasteiger partial charge in [-0.3, -0.25) is 4.79 Å². The molecule has 0 fully saturated rings. The molecule has 0 bridgehead atoms. The van der Waals surface area contributed by atoms with Crippen LogP contribution < -0.4 is 5.32 Å². The third kappa shape index (κ3) is 44.9. The first-order valence-electron chi connectivity index (χ1n) is 26.8. The minimum Gasteiger partial charge on any atom is -0.394 e. The second kappa shape index (κ2) is 49.0. The number of hydrogen-bond acceptors (Lipinski definition) is 4. The molecule has 0 rings (SSSR count). The van der Waals surface area contributed by atoms with E-state index in [1.54, 1.807) is 0 Å². The quantitative estimate of drug-likeness (QED) is 0.0460. The van der Waals surface area contributed by atoms with Crippen molar-refractivity contribution < 1.29 is 20.1 Å². The average Bonchev–Trinajstić information content (AvgIpc) is 3.22. The molecule has 0 aromatic rings. The third-order valence-electron chi connectivity index (χ3n) is 12.9. The van der Waals surface area contributed by atoms with Gasteiger partial charge >= 0.3 is 0 Å². The Morgan fingerprint density at radius 3 is 0.828 bits per heavy atom. The summed E-state index contributed by atoms with van der Waals surface area (Å²) in [6, 6.07) is -0.654. The topological polar surface area (TPSA) is 89.8 Å². The van der Waals surface area contributed by atoms with Gasteiger partial charge < -0.3 is 20.6 Å². The minimum absolute atomic E-state index is 0.0435. The Morgan fingerprint density at radius 1 is 0.362 bits per heavy atom.